The number of aromatic nitrogens is 4. The van der Waals surface area contributed by atoms with E-state index in [1.54, 1.807) is 0 Å². The summed E-state index contributed by atoms with van der Waals surface area (Å²) >= 11 is 0. The number of hydrogen-bond acceptors (Lipinski definition) is 4. The van der Waals surface area contributed by atoms with Gasteiger partial charge >= 0.3 is 0 Å². The van der Waals surface area contributed by atoms with E-state index >= 15 is 0 Å². The van der Waals surface area contributed by atoms with Crippen LogP contribution in [0.4, 0.5) is 0 Å². The van der Waals surface area contributed by atoms with Crippen LogP contribution in [0.5, 0.6) is 0 Å². The standard InChI is InChI=1S/C10H19N5/c1-3-11-6-10-12-13-14-15(10)7-8(2)9-4-5-9/h8-9,11H,3-7H2,1-2H3. The zero-order valence-corrected chi connectivity index (χ0v) is 9.48. The average molecular weight is 209 g/mol. The van der Waals surface area contributed by atoms with Crippen molar-refractivity contribution in [3.05, 3.63) is 5.82 Å². The molecule has 15 heavy (non-hydrogen) atoms. The molecule has 0 radical (unpaired) electrons. The van der Waals surface area contributed by atoms with E-state index < -0.39 is 0 Å². The third-order valence-corrected chi connectivity index (χ3v) is 3.03. The van der Waals surface area contributed by atoms with Crippen LogP contribution in [0.15, 0.2) is 0 Å². The first-order valence-electron chi connectivity index (χ1n) is 5.77. The minimum atomic E-state index is 0.703. The Morgan fingerprint density at radius 1 is 1.53 bits per heavy atom. The third-order valence-electron chi connectivity index (χ3n) is 3.03. The molecule has 1 fully saturated rings. The molecule has 5 heteroatoms. The molecule has 0 aromatic carbocycles. The first-order valence-corrected chi connectivity index (χ1v) is 5.77. The van der Waals surface area contributed by atoms with Crippen molar-refractivity contribution in [2.45, 2.75) is 39.8 Å². The van der Waals surface area contributed by atoms with Gasteiger partial charge in [0.15, 0.2) is 5.82 Å². The van der Waals surface area contributed by atoms with Gasteiger partial charge in [-0.1, -0.05) is 13.8 Å². The van der Waals surface area contributed by atoms with Gasteiger partial charge in [0, 0.05) is 6.54 Å². The number of nitrogens with zero attached hydrogens (tertiary/aromatic N) is 4. The molecule has 0 bridgehead atoms. The van der Waals surface area contributed by atoms with Crippen LogP contribution in [0.1, 0.15) is 32.5 Å². The van der Waals surface area contributed by atoms with E-state index in [-0.39, 0.29) is 0 Å². The van der Waals surface area contributed by atoms with Crippen molar-refractivity contribution in [3.63, 3.8) is 0 Å². The Bertz CT molecular complexity index is 305. The molecule has 5 nitrogen and oxygen atoms in total. The summed E-state index contributed by atoms with van der Waals surface area (Å²) in [6.07, 6.45) is 2.76. The van der Waals surface area contributed by atoms with Gasteiger partial charge < -0.3 is 5.32 Å². The van der Waals surface area contributed by atoms with Gasteiger partial charge in [-0.25, -0.2) is 4.68 Å². The van der Waals surface area contributed by atoms with Gasteiger partial charge in [-0.3, -0.25) is 0 Å². The lowest BCUT2D eigenvalue weighted by Gasteiger charge is -2.10. The Balaban J connectivity index is 1.91. The quantitative estimate of drug-likeness (QED) is 0.754. The first-order chi connectivity index (χ1) is 7.31. The minimum Gasteiger partial charge on any atom is -0.310 e. The molecule has 1 N–H and O–H groups in total. The van der Waals surface area contributed by atoms with Gasteiger partial charge in [0.2, 0.25) is 0 Å². The maximum Gasteiger partial charge on any atom is 0.165 e. The summed E-state index contributed by atoms with van der Waals surface area (Å²) in [5.41, 5.74) is 0. The predicted octanol–water partition coefficient (Wildman–Crippen LogP) is 0.829. The zero-order valence-electron chi connectivity index (χ0n) is 9.48. The van der Waals surface area contributed by atoms with Crippen LogP contribution in [0.25, 0.3) is 0 Å². The molecule has 2 rings (SSSR count). The molecule has 1 atom stereocenters. The molecular formula is C10H19N5. The minimum absolute atomic E-state index is 0.703. The van der Waals surface area contributed by atoms with Gasteiger partial charge in [-0.2, -0.15) is 0 Å². The fourth-order valence-corrected chi connectivity index (χ4v) is 1.82. The number of rotatable bonds is 6. The van der Waals surface area contributed by atoms with E-state index in [0.29, 0.717) is 5.92 Å². The van der Waals surface area contributed by atoms with Crippen molar-refractivity contribution in [2.24, 2.45) is 11.8 Å². The Hall–Kier alpha value is -0.970. The van der Waals surface area contributed by atoms with Gasteiger partial charge in [0.05, 0.1) is 6.54 Å². The molecule has 1 aromatic heterocycles. The lowest BCUT2D eigenvalue weighted by molar-refractivity contribution is 0.389. The zero-order chi connectivity index (χ0) is 10.7. The lowest BCUT2D eigenvalue weighted by atomic mass is 10.1. The largest absolute Gasteiger partial charge is 0.310 e. The van der Waals surface area contributed by atoms with Crippen LogP contribution in [0.2, 0.25) is 0 Å². The predicted molar refractivity (Wildman–Crippen MR) is 57.1 cm³/mol. The molecule has 1 aliphatic carbocycles. The van der Waals surface area contributed by atoms with Gasteiger partial charge in [0.1, 0.15) is 0 Å². The highest BCUT2D eigenvalue weighted by molar-refractivity contribution is 4.83. The van der Waals surface area contributed by atoms with E-state index in [9.17, 15) is 0 Å². The number of tetrazole rings is 1. The number of hydrogen-bond donors (Lipinski definition) is 1. The molecule has 0 aliphatic heterocycles. The second-order valence-electron chi connectivity index (χ2n) is 4.37. The molecular weight excluding hydrogens is 190 g/mol. The van der Waals surface area contributed by atoms with Crippen LogP contribution in [-0.4, -0.2) is 26.8 Å². The SMILES string of the molecule is CCNCc1nnnn1CC(C)C1CC1. The molecule has 1 aromatic rings. The maximum atomic E-state index is 4.03. The number of nitrogens with one attached hydrogen (secondary N) is 1. The first kappa shape index (κ1) is 10.5. The summed E-state index contributed by atoms with van der Waals surface area (Å²) in [5, 5.41) is 15.0. The van der Waals surface area contributed by atoms with E-state index in [4.69, 9.17) is 0 Å². The fourth-order valence-electron chi connectivity index (χ4n) is 1.82. The van der Waals surface area contributed by atoms with Crippen LogP contribution in [0.3, 0.4) is 0 Å². The van der Waals surface area contributed by atoms with Crippen molar-refractivity contribution in [1.29, 1.82) is 0 Å². The van der Waals surface area contributed by atoms with Gasteiger partial charge in [-0.15, -0.1) is 5.10 Å². The van der Waals surface area contributed by atoms with Gasteiger partial charge in [0.25, 0.3) is 0 Å². The van der Waals surface area contributed by atoms with Crippen molar-refractivity contribution < 1.29 is 0 Å². The van der Waals surface area contributed by atoms with E-state index in [2.05, 4.69) is 34.7 Å². The van der Waals surface area contributed by atoms with E-state index in [1.165, 1.54) is 12.8 Å². The second-order valence-corrected chi connectivity index (χ2v) is 4.37. The molecule has 1 unspecified atom stereocenters. The smallest absolute Gasteiger partial charge is 0.165 e. The van der Waals surface area contributed by atoms with Crippen LogP contribution in [0, 0.1) is 11.8 Å². The summed E-state index contributed by atoms with van der Waals surface area (Å²) < 4.78 is 1.94. The Labute approximate surface area is 90.2 Å². The molecule has 1 heterocycles. The lowest BCUT2D eigenvalue weighted by Crippen LogP contribution is -2.19. The summed E-state index contributed by atoms with van der Waals surface area (Å²) in [7, 11) is 0. The highest BCUT2D eigenvalue weighted by Gasteiger charge is 2.28. The highest BCUT2D eigenvalue weighted by atomic mass is 15.5. The van der Waals surface area contributed by atoms with Crippen molar-refractivity contribution in [2.75, 3.05) is 6.54 Å². The van der Waals surface area contributed by atoms with E-state index in [1.807, 2.05) is 4.68 Å². The topological polar surface area (TPSA) is 55.6 Å². The summed E-state index contributed by atoms with van der Waals surface area (Å²) in [4.78, 5) is 0. The summed E-state index contributed by atoms with van der Waals surface area (Å²) in [5.74, 6) is 2.56. The summed E-state index contributed by atoms with van der Waals surface area (Å²) in [6, 6.07) is 0. The molecule has 84 valence electrons. The van der Waals surface area contributed by atoms with Crippen LogP contribution in [-0.2, 0) is 13.1 Å². The Morgan fingerprint density at radius 2 is 2.33 bits per heavy atom. The average Bonchev–Trinajstić information content (AvgIpc) is 2.99. The molecule has 0 saturated heterocycles. The van der Waals surface area contributed by atoms with Crippen molar-refractivity contribution in [1.82, 2.24) is 25.5 Å². The van der Waals surface area contributed by atoms with Crippen molar-refractivity contribution in [3.8, 4) is 0 Å². The van der Waals surface area contributed by atoms with E-state index in [0.717, 1.165) is 31.4 Å². The normalized spacial score (nSPS) is 18.0. The molecule has 0 amide bonds. The van der Waals surface area contributed by atoms with Crippen LogP contribution < -0.4 is 5.32 Å². The maximum absolute atomic E-state index is 4.03. The van der Waals surface area contributed by atoms with Crippen LogP contribution >= 0.6 is 0 Å². The second kappa shape index (κ2) is 4.70. The molecule has 0 spiro atoms. The molecule has 1 saturated carbocycles. The van der Waals surface area contributed by atoms with Crippen molar-refractivity contribution >= 4 is 0 Å². The Morgan fingerprint density at radius 3 is 3.00 bits per heavy atom. The third kappa shape index (κ3) is 2.75. The highest BCUT2D eigenvalue weighted by Crippen LogP contribution is 2.37. The summed E-state index contributed by atoms with van der Waals surface area (Å²) in [6.45, 7) is 7.04. The molecule has 1 aliphatic rings. The fraction of sp³-hybridized carbons (Fsp3) is 0.900. The Kier molecular flexibility index (Phi) is 3.30. The van der Waals surface area contributed by atoms with Gasteiger partial charge in [-0.05, 0) is 41.6 Å². The monoisotopic (exact) mass is 209 g/mol.